The average Bonchev–Trinajstić information content (AvgIpc) is 3.00. The van der Waals surface area contributed by atoms with Crippen LogP contribution in [0.2, 0.25) is 10.0 Å². The lowest BCUT2D eigenvalue weighted by Gasteiger charge is -2.08. The molecule has 2 N–H and O–H groups in total. The van der Waals surface area contributed by atoms with Crippen molar-refractivity contribution >= 4 is 49.8 Å². The van der Waals surface area contributed by atoms with E-state index in [-0.39, 0.29) is 4.90 Å². The summed E-state index contributed by atoms with van der Waals surface area (Å²) in [7, 11) is -2.08. The standard InChI is InChI=1S/C12H10Cl2N4O2S/c1-18-6-7(4-16-18)21(19,20)17-10-3-2-8(13)11-9(14)5-15-12(10)11/h2-6,15,17H,1H3. The van der Waals surface area contributed by atoms with Crippen molar-refractivity contribution in [1.82, 2.24) is 14.8 Å². The number of benzene rings is 1. The molecule has 0 saturated heterocycles. The molecule has 9 heteroatoms. The fourth-order valence-electron chi connectivity index (χ4n) is 1.99. The number of aromatic amines is 1. The van der Waals surface area contributed by atoms with Crippen LogP contribution in [0.5, 0.6) is 0 Å². The molecule has 0 unspecified atom stereocenters. The quantitative estimate of drug-likeness (QED) is 0.766. The SMILES string of the molecule is Cn1cc(S(=O)(=O)Nc2ccc(Cl)c3c(Cl)c[nH]c23)cn1. The molecule has 110 valence electrons. The number of nitrogens with one attached hydrogen (secondary N) is 2. The predicted octanol–water partition coefficient (Wildman–Crippen LogP) is 3.01. The predicted molar refractivity (Wildman–Crippen MR) is 82.3 cm³/mol. The zero-order valence-corrected chi connectivity index (χ0v) is 13.1. The van der Waals surface area contributed by atoms with Crippen LogP contribution in [-0.4, -0.2) is 23.2 Å². The van der Waals surface area contributed by atoms with Gasteiger partial charge in [0.2, 0.25) is 0 Å². The summed E-state index contributed by atoms with van der Waals surface area (Å²) in [5.41, 5.74) is 0.894. The van der Waals surface area contributed by atoms with Gasteiger partial charge in [-0.2, -0.15) is 5.10 Å². The molecule has 0 fully saturated rings. The Bertz CT molecular complexity index is 930. The van der Waals surface area contributed by atoms with Crippen molar-refractivity contribution in [3.63, 3.8) is 0 Å². The third-order valence-electron chi connectivity index (χ3n) is 2.97. The number of fused-ring (bicyclic) bond motifs is 1. The molecule has 2 heterocycles. The van der Waals surface area contributed by atoms with E-state index in [0.717, 1.165) is 0 Å². The van der Waals surface area contributed by atoms with E-state index in [0.29, 0.717) is 26.6 Å². The van der Waals surface area contributed by atoms with Crippen LogP contribution in [0, 0.1) is 0 Å². The highest BCUT2D eigenvalue weighted by Crippen LogP contribution is 2.35. The van der Waals surface area contributed by atoms with Crippen LogP contribution in [0.3, 0.4) is 0 Å². The lowest BCUT2D eigenvalue weighted by molar-refractivity contribution is 0.601. The first-order valence-corrected chi connectivity index (χ1v) is 8.09. The molecule has 0 radical (unpaired) electrons. The van der Waals surface area contributed by atoms with Gasteiger partial charge in [-0.05, 0) is 12.1 Å². The maximum atomic E-state index is 12.3. The van der Waals surface area contributed by atoms with E-state index in [2.05, 4.69) is 14.8 Å². The molecule has 0 atom stereocenters. The van der Waals surface area contributed by atoms with Crippen LogP contribution < -0.4 is 4.72 Å². The van der Waals surface area contributed by atoms with Gasteiger partial charge in [0, 0.05) is 24.8 Å². The van der Waals surface area contributed by atoms with Crippen molar-refractivity contribution in [3.05, 3.63) is 40.8 Å². The largest absolute Gasteiger partial charge is 0.358 e. The topological polar surface area (TPSA) is 79.8 Å². The smallest absolute Gasteiger partial charge is 0.265 e. The number of sulfonamides is 1. The monoisotopic (exact) mass is 344 g/mol. The number of hydrogen-bond donors (Lipinski definition) is 2. The molecule has 0 saturated carbocycles. The van der Waals surface area contributed by atoms with Crippen molar-refractivity contribution < 1.29 is 8.42 Å². The van der Waals surface area contributed by atoms with Gasteiger partial charge in [0.15, 0.2) is 0 Å². The molecule has 1 aromatic carbocycles. The summed E-state index contributed by atoms with van der Waals surface area (Å²) in [6, 6.07) is 3.16. The molecular formula is C12H10Cl2N4O2S. The molecule has 0 amide bonds. The minimum Gasteiger partial charge on any atom is -0.358 e. The molecular weight excluding hydrogens is 335 g/mol. The normalized spacial score (nSPS) is 12.0. The first-order chi connectivity index (χ1) is 9.88. The summed E-state index contributed by atoms with van der Waals surface area (Å²) in [5.74, 6) is 0. The van der Waals surface area contributed by atoms with Crippen LogP contribution >= 0.6 is 23.2 Å². The first-order valence-electron chi connectivity index (χ1n) is 5.85. The minimum absolute atomic E-state index is 0.0748. The fraction of sp³-hybridized carbons (Fsp3) is 0.0833. The third kappa shape index (κ3) is 2.48. The highest BCUT2D eigenvalue weighted by Gasteiger charge is 2.19. The number of H-pyrrole nitrogens is 1. The van der Waals surface area contributed by atoms with Crippen LogP contribution in [0.15, 0.2) is 35.6 Å². The van der Waals surface area contributed by atoms with Gasteiger partial charge in [0.25, 0.3) is 10.0 Å². The zero-order chi connectivity index (χ0) is 15.2. The number of anilines is 1. The fourth-order valence-corrected chi connectivity index (χ4v) is 3.61. The maximum Gasteiger partial charge on any atom is 0.265 e. The van der Waals surface area contributed by atoms with Crippen LogP contribution in [0.1, 0.15) is 0 Å². The van der Waals surface area contributed by atoms with Gasteiger partial charge in [-0.3, -0.25) is 9.40 Å². The van der Waals surface area contributed by atoms with Gasteiger partial charge in [-0.25, -0.2) is 8.42 Å². The van der Waals surface area contributed by atoms with Gasteiger partial charge in [-0.15, -0.1) is 0 Å². The number of halogens is 2. The van der Waals surface area contributed by atoms with Crippen molar-refractivity contribution in [3.8, 4) is 0 Å². The molecule has 3 rings (SSSR count). The molecule has 0 bridgehead atoms. The molecule has 3 aromatic rings. The van der Waals surface area contributed by atoms with Crippen molar-refractivity contribution in [2.75, 3.05) is 4.72 Å². The Morgan fingerprint density at radius 2 is 2.05 bits per heavy atom. The summed E-state index contributed by atoms with van der Waals surface area (Å²) in [5, 5.41) is 5.30. The average molecular weight is 345 g/mol. The number of nitrogens with zero attached hydrogens (tertiary/aromatic N) is 2. The van der Waals surface area contributed by atoms with Crippen molar-refractivity contribution in [1.29, 1.82) is 0 Å². The van der Waals surface area contributed by atoms with Crippen LogP contribution in [-0.2, 0) is 17.1 Å². The van der Waals surface area contributed by atoms with E-state index < -0.39 is 10.0 Å². The summed E-state index contributed by atoms with van der Waals surface area (Å²) in [4.78, 5) is 2.99. The molecule has 0 aliphatic carbocycles. The lowest BCUT2D eigenvalue weighted by atomic mass is 10.2. The second-order valence-electron chi connectivity index (χ2n) is 4.44. The third-order valence-corrected chi connectivity index (χ3v) is 4.91. The Kier molecular flexibility index (Phi) is 3.35. The van der Waals surface area contributed by atoms with Gasteiger partial charge in [0.05, 0.1) is 27.4 Å². The van der Waals surface area contributed by atoms with E-state index >= 15 is 0 Å². The van der Waals surface area contributed by atoms with Crippen molar-refractivity contribution in [2.45, 2.75) is 4.90 Å². The summed E-state index contributed by atoms with van der Waals surface area (Å²) in [6.45, 7) is 0. The van der Waals surface area contributed by atoms with Gasteiger partial charge in [0.1, 0.15) is 4.90 Å². The first kappa shape index (κ1) is 14.2. The second-order valence-corrected chi connectivity index (χ2v) is 6.93. The molecule has 6 nitrogen and oxygen atoms in total. The Balaban J connectivity index is 2.08. The molecule has 0 aliphatic rings. The molecule has 2 aromatic heterocycles. The summed E-state index contributed by atoms with van der Waals surface area (Å²) < 4.78 is 28.5. The lowest BCUT2D eigenvalue weighted by Crippen LogP contribution is -2.12. The number of aromatic nitrogens is 3. The molecule has 0 aliphatic heterocycles. The van der Waals surface area contributed by atoms with E-state index in [1.807, 2.05) is 0 Å². The maximum absolute atomic E-state index is 12.3. The second kappa shape index (κ2) is 4.94. The van der Waals surface area contributed by atoms with Crippen molar-refractivity contribution in [2.24, 2.45) is 7.05 Å². The Morgan fingerprint density at radius 1 is 1.29 bits per heavy atom. The van der Waals surface area contributed by atoms with Gasteiger partial charge >= 0.3 is 0 Å². The minimum atomic E-state index is -3.73. The highest BCUT2D eigenvalue weighted by atomic mass is 35.5. The molecule has 0 spiro atoms. The van der Waals surface area contributed by atoms with E-state index in [4.69, 9.17) is 23.2 Å². The highest BCUT2D eigenvalue weighted by molar-refractivity contribution is 7.92. The summed E-state index contributed by atoms with van der Waals surface area (Å²) in [6.07, 6.45) is 4.24. The zero-order valence-electron chi connectivity index (χ0n) is 10.8. The van der Waals surface area contributed by atoms with E-state index in [1.54, 1.807) is 25.4 Å². The molecule has 21 heavy (non-hydrogen) atoms. The number of hydrogen-bond acceptors (Lipinski definition) is 3. The Hall–Kier alpha value is -1.70. The van der Waals surface area contributed by atoms with Crippen LogP contribution in [0.25, 0.3) is 10.9 Å². The van der Waals surface area contributed by atoms with Gasteiger partial charge in [-0.1, -0.05) is 23.2 Å². The number of rotatable bonds is 3. The van der Waals surface area contributed by atoms with Crippen LogP contribution in [0.4, 0.5) is 5.69 Å². The van der Waals surface area contributed by atoms with E-state index in [9.17, 15) is 8.42 Å². The Morgan fingerprint density at radius 3 is 2.71 bits per heavy atom. The Labute approximate surface area is 130 Å². The van der Waals surface area contributed by atoms with Gasteiger partial charge < -0.3 is 4.98 Å². The summed E-state index contributed by atoms with van der Waals surface area (Å²) >= 11 is 12.1. The van der Waals surface area contributed by atoms with E-state index in [1.165, 1.54) is 17.1 Å². The number of aryl methyl sites for hydroxylation is 1.